The molecule has 120 valence electrons. The maximum atomic E-state index is 3.43. The van der Waals surface area contributed by atoms with Crippen molar-refractivity contribution in [2.45, 2.75) is 26.7 Å². The number of likely N-dealkylation sites (N-methyl/N-ethyl adjacent to an activating group) is 1. The maximum absolute atomic E-state index is 3.43. The van der Waals surface area contributed by atoms with Crippen molar-refractivity contribution in [1.82, 2.24) is 20.0 Å². The first-order chi connectivity index (χ1) is 9.74. The highest BCUT2D eigenvalue weighted by Gasteiger charge is 2.21. The molecule has 2 aliphatic rings. The summed E-state index contributed by atoms with van der Waals surface area (Å²) in [4.78, 5) is 7.57. The molecule has 0 unspecified atom stereocenters. The van der Waals surface area contributed by atoms with E-state index < -0.39 is 0 Å². The number of piperidine rings is 1. The zero-order chi connectivity index (χ0) is 14.8. The number of rotatable bonds is 5. The van der Waals surface area contributed by atoms with Crippen LogP contribution in [0.4, 0.5) is 0 Å². The van der Waals surface area contributed by atoms with E-state index in [2.05, 4.69) is 34.1 Å². The first kappa shape index (κ1) is 17.9. The number of likely N-dealkylation sites (tertiary alicyclic amines) is 1. The maximum Gasteiger partial charge on any atom is 0.0109 e. The van der Waals surface area contributed by atoms with Crippen molar-refractivity contribution >= 4 is 0 Å². The van der Waals surface area contributed by atoms with Crippen LogP contribution < -0.4 is 5.32 Å². The minimum Gasteiger partial charge on any atom is -0.314 e. The number of hydrogen-bond donors (Lipinski definition) is 1. The van der Waals surface area contributed by atoms with E-state index in [9.17, 15) is 0 Å². The number of hydrogen-bond acceptors (Lipinski definition) is 4. The van der Waals surface area contributed by atoms with Crippen LogP contribution in [-0.4, -0.2) is 87.7 Å². The Morgan fingerprint density at radius 2 is 1.55 bits per heavy atom. The second-order valence-electron chi connectivity index (χ2n) is 6.14. The van der Waals surface area contributed by atoms with Crippen LogP contribution in [0.5, 0.6) is 0 Å². The predicted molar refractivity (Wildman–Crippen MR) is 88.4 cm³/mol. The van der Waals surface area contributed by atoms with E-state index in [1.54, 1.807) is 0 Å². The third-order valence-corrected chi connectivity index (χ3v) is 4.30. The lowest BCUT2D eigenvalue weighted by atomic mass is 9.96. The van der Waals surface area contributed by atoms with Gasteiger partial charge >= 0.3 is 0 Å². The topological polar surface area (TPSA) is 21.8 Å². The normalized spacial score (nSPS) is 22.6. The lowest BCUT2D eigenvalue weighted by Gasteiger charge is -2.36. The van der Waals surface area contributed by atoms with Crippen LogP contribution in [0.3, 0.4) is 0 Å². The number of piperazine rings is 1. The predicted octanol–water partition coefficient (Wildman–Crippen LogP) is 1.19. The van der Waals surface area contributed by atoms with Crippen molar-refractivity contribution in [1.29, 1.82) is 0 Å². The summed E-state index contributed by atoms with van der Waals surface area (Å²) >= 11 is 0. The zero-order valence-corrected chi connectivity index (χ0v) is 14.2. The summed E-state index contributed by atoms with van der Waals surface area (Å²) in [7, 11) is 4.33. The Morgan fingerprint density at radius 1 is 0.950 bits per heavy atom. The molecule has 0 amide bonds. The van der Waals surface area contributed by atoms with E-state index in [0.29, 0.717) is 0 Å². The Balaban J connectivity index is 0.000000956. The van der Waals surface area contributed by atoms with Gasteiger partial charge in [0.25, 0.3) is 0 Å². The lowest BCUT2D eigenvalue weighted by molar-refractivity contribution is 0.130. The van der Waals surface area contributed by atoms with E-state index in [0.717, 1.165) is 5.92 Å². The van der Waals surface area contributed by atoms with Crippen LogP contribution >= 0.6 is 0 Å². The van der Waals surface area contributed by atoms with Crippen molar-refractivity contribution in [3.8, 4) is 0 Å². The molecule has 4 heteroatoms. The molecule has 0 bridgehead atoms. The third kappa shape index (κ3) is 7.02. The van der Waals surface area contributed by atoms with Gasteiger partial charge in [-0.25, -0.2) is 0 Å². The largest absolute Gasteiger partial charge is 0.314 e. The standard InChI is InChI=1S/C14H30N4.C2H6/c1-16(2)11-12-17-7-3-14(4-8-17)13-18-9-5-15-6-10-18;1-2/h14-15H,3-13H2,1-2H3;1-2H3. The molecule has 2 rings (SSSR count). The van der Waals surface area contributed by atoms with E-state index in [1.165, 1.54) is 71.7 Å². The Bertz CT molecular complexity index is 219. The summed E-state index contributed by atoms with van der Waals surface area (Å²) in [5, 5.41) is 3.43. The highest BCUT2D eigenvalue weighted by Crippen LogP contribution is 2.18. The minimum atomic E-state index is 0.943. The van der Waals surface area contributed by atoms with Gasteiger partial charge in [0.1, 0.15) is 0 Å². The fourth-order valence-electron chi connectivity index (χ4n) is 2.99. The van der Waals surface area contributed by atoms with Crippen molar-refractivity contribution in [3.63, 3.8) is 0 Å². The fourth-order valence-corrected chi connectivity index (χ4v) is 2.99. The second kappa shape index (κ2) is 10.6. The summed E-state index contributed by atoms with van der Waals surface area (Å²) in [5.41, 5.74) is 0. The summed E-state index contributed by atoms with van der Waals surface area (Å²) in [6.07, 6.45) is 2.80. The molecule has 0 spiro atoms. The molecule has 0 aliphatic carbocycles. The van der Waals surface area contributed by atoms with Crippen LogP contribution in [0.15, 0.2) is 0 Å². The molecule has 0 radical (unpaired) electrons. The number of nitrogens with one attached hydrogen (secondary N) is 1. The van der Waals surface area contributed by atoms with Gasteiger partial charge < -0.3 is 20.0 Å². The second-order valence-corrected chi connectivity index (χ2v) is 6.14. The Hall–Kier alpha value is -0.160. The average Bonchev–Trinajstić information content (AvgIpc) is 2.50. The Morgan fingerprint density at radius 3 is 2.10 bits per heavy atom. The molecule has 2 saturated heterocycles. The average molecular weight is 284 g/mol. The smallest absolute Gasteiger partial charge is 0.0109 e. The molecular formula is C16H36N4. The molecule has 0 saturated carbocycles. The highest BCUT2D eigenvalue weighted by molar-refractivity contribution is 4.77. The van der Waals surface area contributed by atoms with Gasteiger partial charge in [0.2, 0.25) is 0 Å². The van der Waals surface area contributed by atoms with E-state index in [-0.39, 0.29) is 0 Å². The van der Waals surface area contributed by atoms with E-state index >= 15 is 0 Å². The van der Waals surface area contributed by atoms with Crippen molar-refractivity contribution in [3.05, 3.63) is 0 Å². The van der Waals surface area contributed by atoms with Gasteiger partial charge in [0, 0.05) is 45.8 Å². The number of nitrogens with zero attached hydrogens (tertiary/aromatic N) is 3. The molecule has 0 aromatic heterocycles. The Labute approximate surface area is 126 Å². The quantitative estimate of drug-likeness (QED) is 0.819. The molecule has 0 aromatic carbocycles. The van der Waals surface area contributed by atoms with Gasteiger partial charge in [-0.3, -0.25) is 0 Å². The molecule has 2 fully saturated rings. The van der Waals surface area contributed by atoms with Gasteiger partial charge in [-0.2, -0.15) is 0 Å². The first-order valence-electron chi connectivity index (χ1n) is 8.54. The lowest BCUT2D eigenvalue weighted by Crippen LogP contribution is -2.47. The summed E-state index contributed by atoms with van der Waals surface area (Å²) < 4.78 is 0. The molecule has 2 aliphatic heterocycles. The highest BCUT2D eigenvalue weighted by atomic mass is 15.2. The van der Waals surface area contributed by atoms with E-state index in [1.807, 2.05) is 13.8 Å². The van der Waals surface area contributed by atoms with Gasteiger partial charge in [-0.1, -0.05) is 13.8 Å². The molecule has 4 nitrogen and oxygen atoms in total. The zero-order valence-electron chi connectivity index (χ0n) is 14.2. The van der Waals surface area contributed by atoms with Crippen LogP contribution in [0, 0.1) is 5.92 Å². The van der Waals surface area contributed by atoms with Crippen molar-refractivity contribution < 1.29 is 0 Å². The molecule has 0 atom stereocenters. The minimum absolute atomic E-state index is 0.943. The van der Waals surface area contributed by atoms with Crippen molar-refractivity contribution in [2.75, 3.05) is 73.0 Å². The molecule has 2 heterocycles. The van der Waals surface area contributed by atoms with Crippen LogP contribution in [0.25, 0.3) is 0 Å². The van der Waals surface area contributed by atoms with Crippen LogP contribution in [0.1, 0.15) is 26.7 Å². The molecular weight excluding hydrogens is 248 g/mol. The third-order valence-electron chi connectivity index (χ3n) is 4.30. The van der Waals surface area contributed by atoms with Crippen molar-refractivity contribution in [2.24, 2.45) is 5.92 Å². The van der Waals surface area contributed by atoms with Gasteiger partial charge in [0.15, 0.2) is 0 Å². The van der Waals surface area contributed by atoms with E-state index in [4.69, 9.17) is 0 Å². The summed E-state index contributed by atoms with van der Waals surface area (Å²) in [6.45, 7) is 15.3. The fraction of sp³-hybridized carbons (Fsp3) is 1.00. The van der Waals surface area contributed by atoms with Gasteiger partial charge in [-0.15, -0.1) is 0 Å². The SMILES string of the molecule is CC.CN(C)CCN1CCC(CN2CCNCC2)CC1. The van der Waals surface area contributed by atoms with Crippen LogP contribution in [-0.2, 0) is 0 Å². The monoisotopic (exact) mass is 284 g/mol. The van der Waals surface area contributed by atoms with Gasteiger partial charge in [-0.05, 0) is 45.9 Å². The van der Waals surface area contributed by atoms with Gasteiger partial charge in [0.05, 0.1) is 0 Å². The summed E-state index contributed by atoms with van der Waals surface area (Å²) in [5.74, 6) is 0.943. The summed E-state index contributed by atoms with van der Waals surface area (Å²) in [6, 6.07) is 0. The van der Waals surface area contributed by atoms with Crippen LogP contribution in [0.2, 0.25) is 0 Å². The molecule has 20 heavy (non-hydrogen) atoms. The molecule has 1 N–H and O–H groups in total. The molecule has 0 aromatic rings. The first-order valence-corrected chi connectivity index (χ1v) is 8.54. The Kier molecular flexibility index (Phi) is 9.44.